The first-order valence-electron chi connectivity index (χ1n) is 12.3. The number of nitrogens with zero attached hydrogens (tertiary/aromatic N) is 3. The van der Waals surface area contributed by atoms with E-state index in [1.54, 1.807) is 16.4 Å². The van der Waals surface area contributed by atoms with Crippen molar-refractivity contribution in [2.45, 2.75) is 65.5 Å². The number of carbonyl (C=O) groups is 3. The zero-order chi connectivity index (χ0) is 24.7. The van der Waals surface area contributed by atoms with Gasteiger partial charge in [0.25, 0.3) is 11.8 Å². The summed E-state index contributed by atoms with van der Waals surface area (Å²) in [7, 11) is 0. The van der Waals surface area contributed by atoms with Crippen LogP contribution >= 0.6 is 0 Å². The van der Waals surface area contributed by atoms with Crippen molar-refractivity contribution in [2.24, 2.45) is 5.92 Å². The molecule has 8 heteroatoms. The summed E-state index contributed by atoms with van der Waals surface area (Å²) in [6, 6.07) is 10.1. The molecule has 0 fully saturated rings. The molecule has 1 aliphatic rings. The maximum absolute atomic E-state index is 13.5. The summed E-state index contributed by atoms with van der Waals surface area (Å²) >= 11 is 0. The topological polar surface area (TPSA) is 96.3 Å². The van der Waals surface area contributed by atoms with Crippen LogP contribution < -0.4 is 10.6 Å². The van der Waals surface area contributed by atoms with E-state index in [0.29, 0.717) is 32.0 Å². The number of imidazole rings is 1. The molecule has 0 bridgehead atoms. The van der Waals surface area contributed by atoms with Crippen LogP contribution in [0, 0.1) is 5.92 Å². The number of hydrogen-bond acceptors (Lipinski definition) is 4. The van der Waals surface area contributed by atoms with Gasteiger partial charge in [0.1, 0.15) is 11.2 Å². The average molecular weight is 468 g/mol. The molecule has 2 heterocycles. The van der Waals surface area contributed by atoms with Gasteiger partial charge in [-0.1, -0.05) is 51.1 Å². The first kappa shape index (κ1) is 25.5. The number of benzene rings is 1. The number of carbonyl (C=O) groups excluding carboxylic acids is 3. The Hall–Kier alpha value is -3.16. The van der Waals surface area contributed by atoms with Crippen molar-refractivity contribution >= 4 is 17.7 Å². The second-order valence-corrected chi connectivity index (χ2v) is 9.58. The molecule has 184 valence electrons. The van der Waals surface area contributed by atoms with Crippen LogP contribution in [0.2, 0.25) is 0 Å². The summed E-state index contributed by atoms with van der Waals surface area (Å²) in [5, 5.41) is 5.89. The predicted molar refractivity (Wildman–Crippen MR) is 132 cm³/mol. The molecular weight excluding hydrogens is 430 g/mol. The number of aryl methyl sites for hydroxylation is 1. The number of fused-ring (bicyclic) bond motifs is 1. The van der Waals surface area contributed by atoms with Crippen LogP contribution in [-0.2, 0) is 17.8 Å². The molecule has 1 unspecified atom stereocenters. The lowest BCUT2D eigenvalue weighted by Gasteiger charge is -2.43. The summed E-state index contributed by atoms with van der Waals surface area (Å²) in [5.74, 6) is -0.402. The molecule has 2 N–H and O–H groups in total. The summed E-state index contributed by atoms with van der Waals surface area (Å²) in [4.78, 5) is 45.4. The lowest BCUT2D eigenvalue weighted by atomic mass is 9.93. The molecule has 2 aromatic rings. The van der Waals surface area contributed by atoms with Crippen LogP contribution in [0.4, 0.5) is 0 Å². The number of nitrogens with one attached hydrogen (secondary N) is 2. The van der Waals surface area contributed by atoms with Gasteiger partial charge in [-0.25, -0.2) is 4.98 Å². The van der Waals surface area contributed by atoms with Crippen molar-refractivity contribution in [3.63, 3.8) is 0 Å². The molecule has 0 aliphatic carbocycles. The molecule has 1 aliphatic heterocycles. The van der Waals surface area contributed by atoms with Gasteiger partial charge in [0, 0.05) is 19.6 Å². The van der Waals surface area contributed by atoms with E-state index in [9.17, 15) is 14.4 Å². The van der Waals surface area contributed by atoms with E-state index >= 15 is 0 Å². The first-order chi connectivity index (χ1) is 16.3. The Kier molecular flexibility index (Phi) is 8.47. The molecule has 1 aromatic heterocycles. The highest BCUT2D eigenvalue weighted by Crippen LogP contribution is 2.29. The van der Waals surface area contributed by atoms with Crippen molar-refractivity contribution in [1.82, 2.24) is 25.1 Å². The van der Waals surface area contributed by atoms with E-state index in [4.69, 9.17) is 0 Å². The zero-order valence-electron chi connectivity index (χ0n) is 20.8. The highest BCUT2D eigenvalue weighted by Gasteiger charge is 2.48. The Morgan fingerprint density at radius 3 is 2.56 bits per heavy atom. The summed E-state index contributed by atoms with van der Waals surface area (Å²) in [5.41, 5.74) is 0.545. The third kappa shape index (κ3) is 5.66. The maximum Gasteiger partial charge on any atom is 0.273 e. The number of aromatic nitrogens is 2. The van der Waals surface area contributed by atoms with Crippen LogP contribution in [0.25, 0.3) is 0 Å². The van der Waals surface area contributed by atoms with E-state index in [1.165, 1.54) is 11.9 Å². The maximum atomic E-state index is 13.5. The van der Waals surface area contributed by atoms with Crippen molar-refractivity contribution in [3.05, 3.63) is 53.6 Å². The van der Waals surface area contributed by atoms with E-state index in [0.717, 1.165) is 19.3 Å². The van der Waals surface area contributed by atoms with Gasteiger partial charge in [-0.05, 0) is 44.1 Å². The van der Waals surface area contributed by atoms with Crippen molar-refractivity contribution in [2.75, 3.05) is 19.6 Å². The predicted octanol–water partition coefficient (Wildman–Crippen LogP) is 3.03. The van der Waals surface area contributed by atoms with Gasteiger partial charge in [0.2, 0.25) is 5.91 Å². The van der Waals surface area contributed by atoms with Crippen LogP contribution in [0.15, 0.2) is 36.7 Å². The van der Waals surface area contributed by atoms with Crippen LogP contribution in [0.5, 0.6) is 0 Å². The van der Waals surface area contributed by atoms with E-state index < -0.39 is 5.54 Å². The lowest BCUT2D eigenvalue weighted by molar-refractivity contribution is -0.132. The van der Waals surface area contributed by atoms with Crippen molar-refractivity contribution < 1.29 is 14.4 Å². The molecule has 0 saturated heterocycles. The highest BCUT2D eigenvalue weighted by molar-refractivity contribution is 6.07. The quantitative estimate of drug-likeness (QED) is 0.497. The Bertz CT molecular complexity index is 1000. The second kappa shape index (κ2) is 11.3. The molecular formula is C26H37N5O3. The Balaban J connectivity index is 1.71. The van der Waals surface area contributed by atoms with Gasteiger partial charge in [0.15, 0.2) is 5.69 Å². The molecule has 8 nitrogen and oxygen atoms in total. The van der Waals surface area contributed by atoms with Gasteiger partial charge in [-0.3, -0.25) is 14.4 Å². The SMILES string of the molecule is CCCN1C(=O)c2c(C(=O)NCCCc3ccccc3)ncn2CC1(C)C(=O)NCCC(C)C. The Labute approximate surface area is 202 Å². The van der Waals surface area contributed by atoms with Crippen LogP contribution in [-0.4, -0.2) is 57.3 Å². The van der Waals surface area contributed by atoms with Gasteiger partial charge < -0.3 is 20.1 Å². The average Bonchev–Trinajstić information content (AvgIpc) is 3.23. The third-order valence-corrected chi connectivity index (χ3v) is 6.29. The number of hydrogen-bond donors (Lipinski definition) is 2. The molecule has 3 rings (SSSR count). The number of amides is 3. The third-order valence-electron chi connectivity index (χ3n) is 6.29. The molecule has 0 saturated carbocycles. The Morgan fingerprint density at radius 2 is 1.88 bits per heavy atom. The molecule has 34 heavy (non-hydrogen) atoms. The van der Waals surface area contributed by atoms with E-state index in [2.05, 4.69) is 41.6 Å². The van der Waals surface area contributed by atoms with E-state index in [1.807, 2.05) is 25.1 Å². The van der Waals surface area contributed by atoms with Gasteiger partial charge >= 0.3 is 0 Å². The summed E-state index contributed by atoms with van der Waals surface area (Å²) < 4.78 is 1.65. The summed E-state index contributed by atoms with van der Waals surface area (Å²) in [6.07, 6.45) is 4.71. The fourth-order valence-electron chi connectivity index (χ4n) is 4.32. The van der Waals surface area contributed by atoms with Crippen LogP contribution in [0.1, 0.15) is 73.5 Å². The molecule has 1 atom stereocenters. The smallest absolute Gasteiger partial charge is 0.273 e. The molecule has 0 radical (unpaired) electrons. The lowest BCUT2D eigenvalue weighted by Crippen LogP contribution is -2.64. The fraction of sp³-hybridized carbons (Fsp3) is 0.538. The van der Waals surface area contributed by atoms with Gasteiger partial charge in [-0.2, -0.15) is 0 Å². The normalized spacial score (nSPS) is 17.6. The Morgan fingerprint density at radius 1 is 1.15 bits per heavy atom. The first-order valence-corrected chi connectivity index (χ1v) is 12.3. The van der Waals surface area contributed by atoms with Crippen molar-refractivity contribution in [1.29, 1.82) is 0 Å². The fourth-order valence-corrected chi connectivity index (χ4v) is 4.32. The minimum Gasteiger partial charge on any atom is -0.354 e. The minimum absolute atomic E-state index is 0.119. The summed E-state index contributed by atoms with van der Waals surface area (Å²) in [6.45, 7) is 9.71. The minimum atomic E-state index is -1.04. The monoisotopic (exact) mass is 467 g/mol. The largest absolute Gasteiger partial charge is 0.354 e. The number of rotatable bonds is 11. The second-order valence-electron chi connectivity index (χ2n) is 9.58. The molecule has 0 spiro atoms. The highest BCUT2D eigenvalue weighted by atomic mass is 16.2. The van der Waals surface area contributed by atoms with Crippen LogP contribution in [0.3, 0.4) is 0 Å². The van der Waals surface area contributed by atoms with E-state index in [-0.39, 0.29) is 35.7 Å². The van der Waals surface area contributed by atoms with Gasteiger partial charge in [-0.15, -0.1) is 0 Å². The zero-order valence-corrected chi connectivity index (χ0v) is 20.8. The molecule has 3 amide bonds. The van der Waals surface area contributed by atoms with Crippen molar-refractivity contribution in [3.8, 4) is 0 Å². The standard InChI is InChI=1S/C26H37N5O3/c1-5-16-31-24(33)22-21(23(32)27-14-9-12-20-10-7-6-8-11-20)29-18-30(22)17-26(31,4)25(34)28-15-13-19(2)3/h6-8,10-11,18-19H,5,9,12-17H2,1-4H3,(H,27,32)(H,28,34). The van der Waals surface area contributed by atoms with Gasteiger partial charge in [0.05, 0.1) is 12.9 Å². The molecule has 1 aromatic carbocycles.